The molecule has 2 aromatic rings. The van der Waals surface area contributed by atoms with E-state index in [0.717, 1.165) is 16.3 Å². The molecular formula is C17H19NO2S. The van der Waals surface area contributed by atoms with Gasteiger partial charge < -0.3 is 10.1 Å². The number of carbonyl (C=O) groups is 1. The highest BCUT2D eigenvalue weighted by atomic mass is 32.1. The fraction of sp³-hybridized carbons (Fsp3) is 0.235. The third-order valence-electron chi connectivity index (χ3n) is 3.03. The normalized spacial score (nSPS) is 10.8. The van der Waals surface area contributed by atoms with Gasteiger partial charge in [0, 0.05) is 11.0 Å². The molecule has 1 amide bonds. The van der Waals surface area contributed by atoms with Gasteiger partial charge in [-0.1, -0.05) is 12.1 Å². The topological polar surface area (TPSA) is 38.3 Å². The average molecular weight is 301 g/mol. The number of nitrogens with one attached hydrogen (secondary N) is 1. The maximum absolute atomic E-state index is 11.9. The highest BCUT2D eigenvalue weighted by Gasteiger charge is 2.03. The zero-order chi connectivity index (χ0) is 15.2. The number of amides is 1. The van der Waals surface area contributed by atoms with E-state index in [2.05, 4.69) is 5.32 Å². The number of carbonyl (C=O) groups excluding carboxylic acids is 1. The second-order valence-corrected chi connectivity index (χ2v) is 5.93. The predicted molar refractivity (Wildman–Crippen MR) is 89.1 cm³/mol. The number of hydrogen-bond donors (Lipinski definition) is 1. The molecule has 0 saturated carbocycles. The van der Waals surface area contributed by atoms with Crippen molar-refractivity contribution in [1.82, 2.24) is 0 Å². The van der Waals surface area contributed by atoms with Crippen molar-refractivity contribution in [3.05, 3.63) is 52.4 Å². The number of anilines is 1. The largest absolute Gasteiger partial charge is 0.494 e. The first-order chi connectivity index (χ1) is 10.1. The molecule has 3 nitrogen and oxygen atoms in total. The van der Waals surface area contributed by atoms with Gasteiger partial charge in [0.05, 0.1) is 11.6 Å². The lowest BCUT2D eigenvalue weighted by molar-refractivity contribution is -0.111. The molecule has 0 unspecified atom stereocenters. The Morgan fingerprint density at radius 3 is 2.57 bits per heavy atom. The monoisotopic (exact) mass is 301 g/mol. The van der Waals surface area contributed by atoms with Crippen LogP contribution in [0.2, 0.25) is 0 Å². The quantitative estimate of drug-likeness (QED) is 0.830. The van der Waals surface area contributed by atoms with Gasteiger partial charge >= 0.3 is 0 Å². The minimum atomic E-state index is -0.120. The molecule has 4 heteroatoms. The Kier molecular flexibility index (Phi) is 5.17. The van der Waals surface area contributed by atoms with Crippen molar-refractivity contribution in [2.75, 3.05) is 11.9 Å². The lowest BCUT2D eigenvalue weighted by Gasteiger charge is -2.02. The van der Waals surface area contributed by atoms with E-state index in [1.165, 1.54) is 10.4 Å². The summed E-state index contributed by atoms with van der Waals surface area (Å²) in [6, 6.07) is 9.63. The second kappa shape index (κ2) is 7.09. The third kappa shape index (κ3) is 4.46. The summed E-state index contributed by atoms with van der Waals surface area (Å²) in [7, 11) is 0. The summed E-state index contributed by atoms with van der Waals surface area (Å²) < 4.78 is 5.38. The van der Waals surface area contributed by atoms with E-state index >= 15 is 0 Å². The molecule has 0 saturated heterocycles. The fourth-order valence-electron chi connectivity index (χ4n) is 1.81. The summed E-state index contributed by atoms with van der Waals surface area (Å²) in [5.41, 5.74) is 2.16. The SMILES string of the molecule is CCOc1ccc(/C=C/C(=O)Nc2cc(C)c(C)s2)cc1. The smallest absolute Gasteiger partial charge is 0.248 e. The van der Waals surface area contributed by atoms with Crippen LogP contribution in [0.3, 0.4) is 0 Å². The van der Waals surface area contributed by atoms with Crippen LogP contribution in [0.25, 0.3) is 6.08 Å². The number of benzene rings is 1. The van der Waals surface area contributed by atoms with Crippen molar-refractivity contribution >= 4 is 28.3 Å². The Morgan fingerprint density at radius 1 is 1.29 bits per heavy atom. The Bertz CT molecular complexity index is 622. The van der Waals surface area contributed by atoms with Crippen LogP contribution in [0.15, 0.2) is 36.4 Å². The molecular weight excluding hydrogens is 282 g/mol. The first-order valence-corrected chi connectivity index (χ1v) is 7.69. The van der Waals surface area contributed by atoms with E-state index in [-0.39, 0.29) is 5.91 Å². The first-order valence-electron chi connectivity index (χ1n) is 6.87. The molecule has 1 heterocycles. The standard InChI is InChI=1S/C17H19NO2S/c1-4-20-15-8-5-14(6-9-15)7-10-16(19)18-17-11-12(2)13(3)21-17/h5-11H,4H2,1-3H3,(H,18,19)/b10-7+. The highest BCUT2D eigenvalue weighted by molar-refractivity contribution is 7.16. The Morgan fingerprint density at radius 2 is 2.00 bits per heavy atom. The fourth-order valence-corrected chi connectivity index (χ4v) is 2.75. The van der Waals surface area contributed by atoms with E-state index in [4.69, 9.17) is 4.74 Å². The molecule has 1 aromatic heterocycles. The number of aryl methyl sites for hydroxylation is 2. The highest BCUT2D eigenvalue weighted by Crippen LogP contribution is 2.25. The molecule has 0 spiro atoms. The molecule has 0 aliphatic rings. The molecule has 1 aromatic carbocycles. The van der Waals surface area contributed by atoms with Gasteiger partial charge in [0.2, 0.25) is 5.91 Å². The van der Waals surface area contributed by atoms with Crippen molar-refractivity contribution in [3.63, 3.8) is 0 Å². The maximum Gasteiger partial charge on any atom is 0.248 e. The van der Waals surface area contributed by atoms with Crippen molar-refractivity contribution in [3.8, 4) is 5.75 Å². The van der Waals surface area contributed by atoms with E-state index < -0.39 is 0 Å². The van der Waals surface area contributed by atoms with E-state index in [1.54, 1.807) is 23.5 Å². The van der Waals surface area contributed by atoms with E-state index in [0.29, 0.717) is 6.61 Å². The van der Waals surface area contributed by atoms with Crippen LogP contribution in [-0.2, 0) is 4.79 Å². The van der Waals surface area contributed by atoms with Crippen LogP contribution < -0.4 is 10.1 Å². The molecule has 0 fully saturated rings. The summed E-state index contributed by atoms with van der Waals surface area (Å²) in [6.45, 7) is 6.69. The number of thiophene rings is 1. The predicted octanol–water partition coefficient (Wildman–Crippen LogP) is 4.42. The molecule has 2 rings (SSSR count). The van der Waals surface area contributed by atoms with Crippen molar-refractivity contribution in [1.29, 1.82) is 0 Å². The molecule has 0 bridgehead atoms. The minimum absolute atomic E-state index is 0.120. The Balaban J connectivity index is 1.95. The van der Waals surface area contributed by atoms with Crippen molar-refractivity contribution in [2.24, 2.45) is 0 Å². The number of hydrogen-bond acceptors (Lipinski definition) is 3. The van der Waals surface area contributed by atoms with Crippen LogP contribution in [0.4, 0.5) is 5.00 Å². The van der Waals surface area contributed by atoms with Gasteiger partial charge in [0.15, 0.2) is 0 Å². The number of ether oxygens (including phenoxy) is 1. The van der Waals surface area contributed by atoms with Crippen LogP contribution in [0.1, 0.15) is 22.9 Å². The molecule has 0 atom stereocenters. The molecule has 21 heavy (non-hydrogen) atoms. The lowest BCUT2D eigenvalue weighted by atomic mass is 10.2. The zero-order valence-corrected chi connectivity index (χ0v) is 13.3. The molecule has 1 N–H and O–H groups in total. The third-order valence-corrected chi connectivity index (χ3v) is 4.10. The molecule has 0 radical (unpaired) electrons. The number of rotatable bonds is 5. The van der Waals surface area contributed by atoms with Crippen LogP contribution in [0, 0.1) is 13.8 Å². The minimum Gasteiger partial charge on any atom is -0.494 e. The lowest BCUT2D eigenvalue weighted by Crippen LogP contribution is -2.06. The van der Waals surface area contributed by atoms with Gasteiger partial charge in [0.25, 0.3) is 0 Å². The van der Waals surface area contributed by atoms with Gasteiger partial charge in [-0.3, -0.25) is 4.79 Å². The zero-order valence-electron chi connectivity index (χ0n) is 12.5. The van der Waals surface area contributed by atoms with Crippen molar-refractivity contribution in [2.45, 2.75) is 20.8 Å². The summed E-state index contributed by atoms with van der Waals surface area (Å²) in [6.07, 6.45) is 3.33. The van der Waals surface area contributed by atoms with E-state index in [1.807, 2.05) is 51.1 Å². The maximum atomic E-state index is 11.9. The van der Waals surface area contributed by atoms with Gasteiger partial charge in [-0.15, -0.1) is 11.3 Å². The van der Waals surface area contributed by atoms with Crippen molar-refractivity contribution < 1.29 is 9.53 Å². The second-order valence-electron chi connectivity index (χ2n) is 4.67. The van der Waals surface area contributed by atoms with Crippen LogP contribution >= 0.6 is 11.3 Å². The first kappa shape index (κ1) is 15.3. The van der Waals surface area contributed by atoms with Gasteiger partial charge in [-0.25, -0.2) is 0 Å². The van der Waals surface area contributed by atoms with E-state index in [9.17, 15) is 4.79 Å². The summed E-state index contributed by atoms with van der Waals surface area (Å²) in [5.74, 6) is 0.716. The van der Waals surface area contributed by atoms with Gasteiger partial charge in [-0.2, -0.15) is 0 Å². The van der Waals surface area contributed by atoms with Gasteiger partial charge in [-0.05, 0) is 56.2 Å². The Hall–Kier alpha value is -2.07. The summed E-state index contributed by atoms with van der Waals surface area (Å²) >= 11 is 1.59. The summed E-state index contributed by atoms with van der Waals surface area (Å²) in [4.78, 5) is 13.1. The summed E-state index contributed by atoms with van der Waals surface area (Å²) in [5, 5.41) is 3.75. The van der Waals surface area contributed by atoms with Gasteiger partial charge in [0.1, 0.15) is 5.75 Å². The average Bonchev–Trinajstić information content (AvgIpc) is 2.77. The van der Waals surface area contributed by atoms with Crippen LogP contribution in [-0.4, -0.2) is 12.5 Å². The molecule has 110 valence electrons. The molecule has 0 aliphatic carbocycles. The Labute approximate surface area is 129 Å². The van der Waals surface area contributed by atoms with Crippen LogP contribution in [0.5, 0.6) is 5.75 Å². The molecule has 0 aliphatic heterocycles.